The molecule has 0 bridgehead atoms. The Morgan fingerprint density at radius 2 is 2.06 bits per heavy atom. The van der Waals surface area contributed by atoms with Gasteiger partial charge in [-0.25, -0.2) is 13.8 Å². The van der Waals surface area contributed by atoms with Gasteiger partial charge in [-0.2, -0.15) is 5.26 Å². The van der Waals surface area contributed by atoms with E-state index < -0.39 is 30.7 Å². The summed E-state index contributed by atoms with van der Waals surface area (Å²) in [6, 6.07) is 1.61. The average Bonchev–Trinajstić information content (AvgIpc) is 2.20. The number of nitrogens with zero attached hydrogens (tertiary/aromatic N) is 2. The van der Waals surface area contributed by atoms with E-state index in [0.717, 1.165) is 6.20 Å². The highest BCUT2D eigenvalue weighted by Gasteiger charge is 2.35. The molecule has 0 radical (unpaired) electrons. The van der Waals surface area contributed by atoms with Gasteiger partial charge in [-0.15, -0.1) is 13.2 Å². The molecule has 0 amide bonds. The van der Waals surface area contributed by atoms with Gasteiger partial charge in [0.25, 0.3) is 6.43 Å². The lowest BCUT2D eigenvalue weighted by molar-refractivity contribution is -0.276. The van der Waals surface area contributed by atoms with Gasteiger partial charge in [0.1, 0.15) is 0 Å². The van der Waals surface area contributed by atoms with Crippen LogP contribution in [0.1, 0.15) is 23.1 Å². The maximum atomic E-state index is 12.8. The molecule has 8 heteroatoms. The summed E-state index contributed by atoms with van der Waals surface area (Å²) in [6.45, 7) is 1.38. The van der Waals surface area contributed by atoms with Crippen molar-refractivity contribution in [1.82, 2.24) is 4.98 Å². The van der Waals surface area contributed by atoms with Crippen molar-refractivity contribution in [2.24, 2.45) is 0 Å². The number of hydrogen-bond acceptors (Lipinski definition) is 3. The van der Waals surface area contributed by atoms with E-state index in [1.165, 1.54) is 6.92 Å². The van der Waals surface area contributed by atoms with Crippen LogP contribution in [0.5, 0.6) is 5.88 Å². The second kappa shape index (κ2) is 5.16. The zero-order chi connectivity index (χ0) is 13.9. The molecule has 0 aromatic carbocycles. The molecule has 0 fully saturated rings. The van der Waals surface area contributed by atoms with E-state index in [-0.39, 0.29) is 11.1 Å². The van der Waals surface area contributed by atoms with Crippen molar-refractivity contribution in [2.75, 3.05) is 0 Å². The second-order valence-corrected chi connectivity index (χ2v) is 3.32. The highest BCUT2D eigenvalue weighted by molar-refractivity contribution is 5.42. The van der Waals surface area contributed by atoms with Crippen LogP contribution in [-0.4, -0.2) is 11.3 Å². The van der Waals surface area contributed by atoms with E-state index in [1.54, 1.807) is 6.07 Å². The summed E-state index contributed by atoms with van der Waals surface area (Å²) in [6.07, 6.45) is -7.81. The largest absolute Gasteiger partial charge is 0.574 e. The first-order chi connectivity index (χ1) is 8.26. The number of ether oxygens (including phenoxy) is 1. The maximum Gasteiger partial charge on any atom is 0.574 e. The summed E-state index contributed by atoms with van der Waals surface area (Å²) in [4.78, 5) is 3.20. The molecule has 98 valence electrons. The Morgan fingerprint density at radius 3 is 2.50 bits per heavy atom. The molecule has 0 aliphatic heterocycles. The van der Waals surface area contributed by atoms with Gasteiger partial charge < -0.3 is 4.74 Å². The quantitative estimate of drug-likeness (QED) is 0.788. The SMILES string of the molecule is Cc1cnc(OC(F)(F)F)c(C(F)F)c1CC#N. The highest BCUT2D eigenvalue weighted by Crippen LogP contribution is 2.35. The number of aryl methyl sites for hydroxylation is 1. The maximum absolute atomic E-state index is 12.8. The molecular formula is C10H7F5N2O. The van der Waals surface area contributed by atoms with Crippen LogP contribution < -0.4 is 4.74 Å². The van der Waals surface area contributed by atoms with Gasteiger partial charge in [0, 0.05) is 6.20 Å². The van der Waals surface area contributed by atoms with Crippen molar-refractivity contribution in [3.05, 3.63) is 22.9 Å². The zero-order valence-corrected chi connectivity index (χ0v) is 9.05. The number of aromatic nitrogens is 1. The van der Waals surface area contributed by atoms with Gasteiger partial charge in [0.05, 0.1) is 18.1 Å². The molecule has 1 aromatic rings. The van der Waals surface area contributed by atoms with Crippen molar-refractivity contribution in [3.8, 4) is 11.9 Å². The first kappa shape index (κ1) is 14.2. The minimum absolute atomic E-state index is 0.193. The van der Waals surface area contributed by atoms with Crippen LogP contribution in [0.3, 0.4) is 0 Å². The molecule has 3 nitrogen and oxygen atoms in total. The number of pyridine rings is 1. The Bertz CT molecular complexity index is 478. The lowest BCUT2D eigenvalue weighted by Gasteiger charge is -2.15. The fourth-order valence-corrected chi connectivity index (χ4v) is 1.37. The minimum Gasteiger partial charge on any atom is -0.387 e. The molecule has 0 saturated carbocycles. The Balaban J connectivity index is 3.35. The number of rotatable bonds is 3. The first-order valence-corrected chi connectivity index (χ1v) is 4.65. The van der Waals surface area contributed by atoms with E-state index in [4.69, 9.17) is 5.26 Å². The van der Waals surface area contributed by atoms with Gasteiger partial charge in [0.2, 0.25) is 5.88 Å². The van der Waals surface area contributed by atoms with Crippen LogP contribution in [0.2, 0.25) is 0 Å². The van der Waals surface area contributed by atoms with E-state index in [9.17, 15) is 22.0 Å². The molecule has 0 N–H and O–H groups in total. The van der Waals surface area contributed by atoms with Crippen LogP contribution in [0.25, 0.3) is 0 Å². The fourth-order valence-electron chi connectivity index (χ4n) is 1.37. The Kier molecular flexibility index (Phi) is 4.06. The zero-order valence-electron chi connectivity index (χ0n) is 9.05. The smallest absolute Gasteiger partial charge is 0.387 e. The van der Waals surface area contributed by atoms with Crippen LogP contribution in [0, 0.1) is 18.3 Å². The van der Waals surface area contributed by atoms with E-state index in [1.807, 2.05) is 0 Å². The van der Waals surface area contributed by atoms with Crippen molar-refractivity contribution >= 4 is 0 Å². The first-order valence-electron chi connectivity index (χ1n) is 4.65. The molecule has 1 aromatic heterocycles. The lowest BCUT2D eigenvalue weighted by Crippen LogP contribution is -2.20. The van der Waals surface area contributed by atoms with Gasteiger partial charge >= 0.3 is 6.36 Å². The second-order valence-electron chi connectivity index (χ2n) is 3.32. The lowest BCUT2D eigenvalue weighted by atomic mass is 10.0. The number of alkyl halides is 5. The third-order valence-corrected chi connectivity index (χ3v) is 2.09. The van der Waals surface area contributed by atoms with Crippen LogP contribution in [-0.2, 0) is 6.42 Å². The predicted octanol–water partition coefficient (Wildman–Crippen LogP) is 3.29. The van der Waals surface area contributed by atoms with Crippen molar-refractivity contribution < 1.29 is 26.7 Å². The molecule has 0 spiro atoms. The van der Waals surface area contributed by atoms with Crippen molar-refractivity contribution in [1.29, 1.82) is 5.26 Å². The van der Waals surface area contributed by atoms with E-state index in [0.29, 0.717) is 0 Å². The third-order valence-electron chi connectivity index (χ3n) is 2.09. The molecule has 0 aliphatic rings. The van der Waals surface area contributed by atoms with E-state index >= 15 is 0 Å². The van der Waals surface area contributed by atoms with Gasteiger partial charge in [-0.1, -0.05) is 0 Å². The highest BCUT2D eigenvalue weighted by atomic mass is 19.4. The van der Waals surface area contributed by atoms with Crippen LogP contribution >= 0.6 is 0 Å². The Morgan fingerprint density at radius 1 is 1.44 bits per heavy atom. The number of halogens is 5. The molecule has 0 saturated heterocycles. The number of hydrogen-bond donors (Lipinski definition) is 0. The molecule has 1 rings (SSSR count). The monoisotopic (exact) mass is 266 g/mol. The van der Waals surface area contributed by atoms with Crippen LogP contribution in [0.15, 0.2) is 6.20 Å². The molecule has 0 unspecified atom stereocenters. The molecule has 0 atom stereocenters. The molecule has 1 heterocycles. The van der Waals surface area contributed by atoms with Gasteiger partial charge in [0.15, 0.2) is 0 Å². The Hall–Kier alpha value is -1.91. The summed E-state index contributed by atoms with van der Waals surface area (Å²) in [5.41, 5.74) is -0.975. The van der Waals surface area contributed by atoms with Gasteiger partial charge in [-0.05, 0) is 18.1 Å². The molecule has 18 heavy (non-hydrogen) atoms. The van der Waals surface area contributed by atoms with Gasteiger partial charge in [-0.3, -0.25) is 0 Å². The average molecular weight is 266 g/mol. The van der Waals surface area contributed by atoms with E-state index in [2.05, 4.69) is 9.72 Å². The Labute approximate surface area is 98.8 Å². The van der Waals surface area contributed by atoms with Crippen molar-refractivity contribution in [2.45, 2.75) is 26.1 Å². The summed E-state index contributed by atoms with van der Waals surface area (Å²) in [7, 11) is 0. The topological polar surface area (TPSA) is 45.9 Å². The summed E-state index contributed by atoms with van der Waals surface area (Å²) >= 11 is 0. The summed E-state index contributed by atoms with van der Waals surface area (Å²) in [5.74, 6) is -1.21. The molecule has 0 aliphatic carbocycles. The fraction of sp³-hybridized carbons (Fsp3) is 0.400. The number of nitriles is 1. The van der Waals surface area contributed by atoms with Crippen LogP contribution in [0.4, 0.5) is 22.0 Å². The molecular weight excluding hydrogens is 259 g/mol. The summed E-state index contributed by atoms with van der Waals surface area (Å²) in [5, 5.41) is 8.50. The normalized spacial score (nSPS) is 11.4. The minimum atomic E-state index is -5.12. The predicted molar refractivity (Wildman–Crippen MR) is 49.9 cm³/mol. The van der Waals surface area contributed by atoms with Crippen molar-refractivity contribution in [3.63, 3.8) is 0 Å². The summed E-state index contributed by atoms with van der Waals surface area (Å²) < 4.78 is 65.1. The standard InChI is InChI=1S/C10H7F5N2O/c1-5-4-17-9(18-10(13,14)15)7(8(11)12)6(5)2-3-16/h4,8H,2H2,1H3. The third kappa shape index (κ3) is 3.29.